The minimum Gasteiger partial charge on any atom is -0.444 e. The van der Waals surface area contributed by atoms with Gasteiger partial charge in [0.05, 0.1) is 16.1 Å². The average molecular weight is 758 g/mol. The Hall–Kier alpha value is -3.38. The molecular weight excluding hydrogens is 716 g/mol. The molecule has 3 rings (SSSR count). The van der Waals surface area contributed by atoms with E-state index in [9.17, 15) is 19.2 Å². The fourth-order valence-corrected chi connectivity index (χ4v) is 5.67. The Morgan fingerprint density at radius 3 is 2.18 bits per heavy atom. The standard InChI is InChI=1S/C34H41Cl4N5O6/c1-8-19(4)29(41-33(47)48-34(5,6)7)31(45)40-28(18(2)3)25(44)13-15-43(32(46)30(37)38)20-12-14-39-23(16-20)26-17-24(42-49-26)27-21(35)10-9-11-22(27)36/h9-12,14,16-19,28-30H,8,13,15H2,1-7H3,(H,40,45)(H,41,47). The highest BCUT2D eigenvalue weighted by Gasteiger charge is 2.33. The molecule has 3 atom stereocenters. The van der Waals surface area contributed by atoms with Crippen LogP contribution in [0.4, 0.5) is 10.5 Å². The second-order valence-corrected chi connectivity index (χ2v) is 14.7. The van der Waals surface area contributed by atoms with Gasteiger partial charge in [-0.3, -0.25) is 19.4 Å². The summed E-state index contributed by atoms with van der Waals surface area (Å²) in [5, 5.41) is 10.3. The predicted octanol–water partition coefficient (Wildman–Crippen LogP) is 7.89. The van der Waals surface area contributed by atoms with Gasteiger partial charge in [0.1, 0.15) is 23.0 Å². The first-order chi connectivity index (χ1) is 22.9. The van der Waals surface area contributed by atoms with Crippen LogP contribution in [0.3, 0.4) is 0 Å². The number of ketones is 1. The Labute approximate surface area is 306 Å². The third kappa shape index (κ3) is 11.1. The number of nitrogens with one attached hydrogen (secondary N) is 2. The third-order valence-corrected chi connectivity index (χ3v) is 8.55. The van der Waals surface area contributed by atoms with E-state index in [-0.39, 0.29) is 36.3 Å². The van der Waals surface area contributed by atoms with Gasteiger partial charge in [0.15, 0.2) is 16.4 Å². The molecule has 3 amide bonds. The molecule has 2 heterocycles. The van der Waals surface area contributed by atoms with Crippen molar-refractivity contribution in [1.82, 2.24) is 20.8 Å². The first kappa shape index (κ1) is 40.1. The fourth-order valence-electron chi connectivity index (χ4n) is 4.84. The molecule has 266 valence electrons. The van der Waals surface area contributed by atoms with Crippen molar-refractivity contribution in [2.45, 2.75) is 83.8 Å². The molecule has 0 spiro atoms. The molecule has 49 heavy (non-hydrogen) atoms. The minimum absolute atomic E-state index is 0.113. The quantitative estimate of drug-likeness (QED) is 0.158. The minimum atomic E-state index is -1.43. The first-order valence-electron chi connectivity index (χ1n) is 15.7. The van der Waals surface area contributed by atoms with Crippen LogP contribution in [-0.2, 0) is 19.1 Å². The van der Waals surface area contributed by atoms with E-state index < -0.39 is 40.4 Å². The molecule has 0 bridgehead atoms. The number of pyridine rings is 1. The highest BCUT2D eigenvalue weighted by Crippen LogP contribution is 2.36. The van der Waals surface area contributed by atoms with E-state index in [2.05, 4.69) is 20.8 Å². The van der Waals surface area contributed by atoms with E-state index in [1.54, 1.807) is 71.0 Å². The summed E-state index contributed by atoms with van der Waals surface area (Å²) in [5.74, 6) is -1.83. The number of carbonyl (C=O) groups excluding carboxylic acids is 4. The number of anilines is 1. The lowest BCUT2D eigenvalue weighted by Crippen LogP contribution is -2.56. The number of ether oxygens (including phenoxy) is 1. The lowest BCUT2D eigenvalue weighted by atomic mass is 9.94. The number of nitrogens with zero attached hydrogens (tertiary/aromatic N) is 3. The van der Waals surface area contributed by atoms with E-state index in [0.29, 0.717) is 39.1 Å². The second kappa shape index (κ2) is 17.5. The number of rotatable bonds is 14. The summed E-state index contributed by atoms with van der Waals surface area (Å²) in [4.78, 5) is 57.0. The normalized spacial score (nSPS) is 13.5. The largest absolute Gasteiger partial charge is 0.444 e. The van der Waals surface area contributed by atoms with Crippen LogP contribution >= 0.6 is 46.4 Å². The number of aromatic nitrogens is 2. The molecule has 0 aliphatic rings. The number of halogens is 4. The summed E-state index contributed by atoms with van der Waals surface area (Å²) in [7, 11) is 0. The van der Waals surface area contributed by atoms with Crippen molar-refractivity contribution >= 4 is 75.8 Å². The Kier molecular flexibility index (Phi) is 14.3. The van der Waals surface area contributed by atoms with Crippen LogP contribution in [-0.4, -0.2) is 62.9 Å². The van der Waals surface area contributed by atoms with Crippen LogP contribution in [0, 0.1) is 11.8 Å². The Balaban J connectivity index is 1.82. The Morgan fingerprint density at radius 1 is 0.959 bits per heavy atom. The summed E-state index contributed by atoms with van der Waals surface area (Å²) >= 11 is 24.7. The zero-order chi connectivity index (χ0) is 36.6. The van der Waals surface area contributed by atoms with Gasteiger partial charge in [-0.2, -0.15) is 0 Å². The molecule has 0 aliphatic carbocycles. The highest BCUT2D eigenvalue weighted by molar-refractivity contribution is 6.54. The molecule has 2 aromatic heterocycles. The highest BCUT2D eigenvalue weighted by atomic mass is 35.5. The lowest BCUT2D eigenvalue weighted by molar-refractivity contribution is -0.130. The average Bonchev–Trinajstić information content (AvgIpc) is 3.50. The van der Waals surface area contributed by atoms with E-state index in [1.807, 2.05) is 13.8 Å². The smallest absolute Gasteiger partial charge is 0.408 e. The van der Waals surface area contributed by atoms with Crippen molar-refractivity contribution in [3.63, 3.8) is 0 Å². The Bertz CT molecular complexity index is 1620. The van der Waals surface area contributed by atoms with Crippen molar-refractivity contribution in [2.75, 3.05) is 11.4 Å². The van der Waals surface area contributed by atoms with Gasteiger partial charge in [-0.05, 0) is 56.9 Å². The van der Waals surface area contributed by atoms with Crippen molar-refractivity contribution in [3.8, 4) is 22.7 Å². The zero-order valence-electron chi connectivity index (χ0n) is 28.4. The molecule has 2 N–H and O–H groups in total. The van der Waals surface area contributed by atoms with E-state index in [4.69, 9.17) is 55.7 Å². The molecule has 0 radical (unpaired) electrons. The maximum atomic E-state index is 13.6. The summed E-state index contributed by atoms with van der Waals surface area (Å²) in [5.41, 5.74) is 0.777. The van der Waals surface area contributed by atoms with Crippen LogP contribution in [0.2, 0.25) is 10.0 Å². The molecule has 0 saturated heterocycles. The number of carbonyl (C=O) groups is 4. The molecule has 3 unspecified atom stereocenters. The van der Waals surface area contributed by atoms with Crippen LogP contribution in [0.1, 0.15) is 61.3 Å². The zero-order valence-corrected chi connectivity index (χ0v) is 31.4. The SMILES string of the molecule is CCC(C)C(NC(=O)OC(C)(C)C)C(=O)NC(C(=O)CCN(C(=O)C(Cl)Cl)c1ccnc(-c2cc(-c3c(Cl)cccc3Cl)no2)c1)C(C)C. The topological polar surface area (TPSA) is 144 Å². The van der Waals surface area contributed by atoms with Crippen molar-refractivity contribution in [3.05, 3.63) is 52.6 Å². The molecular formula is C34H41Cl4N5O6. The number of benzene rings is 1. The first-order valence-corrected chi connectivity index (χ1v) is 17.4. The number of alkyl halides is 2. The van der Waals surface area contributed by atoms with Gasteiger partial charge < -0.3 is 24.8 Å². The monoisotopic (exact) mass is 755 g/mol. The number of amides is 3. The molecule has 0 saturated carbocycles. The van der Waals surface area contributed by atoms with Crippen LogP contribution in [0.5, 0.6) is 0 Å². The number of hydrogen-bond acceptors (Lipinski definition) is 8. The molecule has 1 aromatic carbocycles. The second-order valence-electron chi connectivity index (χ2n) is 12.8. The Morgan fingerprint density at radius 2 is 1.61 bits per heavy atom. The molecule has 11 nitrogen and oxygen atoms in total. The van der Waals surface area contributed by atoms with Crippen LogP contribution in [0.15, 0.2) is 47.1 Å². The lowest BCUT2D eigenvalue weighted by Gasteiger charge is -2.29. The van der Waals surface area contributed by atoms with Crippen molar-refractivity contribution in [1.29, 1.82) is 0 Å². The van der Waals surface area contributed by atoms with Gasteiger partial charge in [0, 0.05) is 36.5 Å². The number of Topliss-reactive ketones (excluding diaryl/α,β-unsaturated/α-hetero) is 1. The van der Waals surface area contributed by atoms with Gasteiger partial charge in [0.2, 0.25) is 5.91 Å². The van der Waals surface area contributed by atoms with Gasteiger partial charge in [-0.25, -0.2) is 4.79 Å². The predicted molar refractivity (Wildman–Crippen MR) is 192 cm³/mol. The summed E-state index contributed by atoms with van der Waals surface area (Å²) < 4.78 is 10.9. The third-order valence-electron chi connectivity index (χ3n) is 7.55. The molecule has 0 fully saturated rings. The van der Waals surface area contributed by atoms with Crippen molar-refractivity contribution < 1.29 is 28.4 Å². The molecule has 3 aromatic rings. The van der Waals surface area contributed by atoms with Gasteiger partial charge >= 0.3 is 6.09 Å². The van der Waals surface area contributed by atoms with Crippen LogP contribution < -0.4 is 15.5 Å². The summed E-state index contributed by atoms with van der Waals surface area (Å²) in [6, 6.07) is 7.94. The van der Waals surface area contributed by atoms with E-state index >= 15 is 0 Å². The molecule has 0 aliphatic heterocycles. The summed E-state index contributed by atoms with van der Waals surface area (Å²) in [6.45, 7) is 12.3. The van der Waals surface area contributed by atoms with Gasteiger partial charge in [-0.1, -0.05) is 91.7 Å². The maximum absolute atomic E-state index is 13.6. The summed E-state index contributed by atoms with van der Waals surface area (Å²) in [6.07, 6.45) is 1.15. The van der Waals surface area contributed by atoms with Crippen molar-refractivity contribution in [2.24, 2.45) is 11.8 Å². The van der Waals surface area contributed by atoms with Gasteiger partial charge in [0.25, 0.3) is 5.91 Å². The fraction of sp³-hybridized carbons (Fsp3) is 0.471. The number of hydrogen-bond donors (Lipinski definition) is 2. The molecule has 15 heteroatoms. The van der Waals surface area contributed by atoms with E-state index in [1.165, 1.54) is 11.1 Å². The van der Waals surface area contributed by atoms with Crippen LogP contribution in [0.25, 0.3) is 22.7 Å². The maximum Gasteiger partial charge on any atom is 0.408 e. The van der Waals surface area contributed by atoms with E-state index in [0.717, 1.165) is 0 Å². The number of alkyl carbamates (subject to hydrolysis) is 1. The van der Waals surface area contributed by atoms with Gasteiger partial charge in [-0.15, -0.1) is 0 Å².